The normalized spacial score (nSPS) is 16.7. The minimum absolute atomic E-state index is 0.00695. The van der Waals surface area contributed by atoms with Crippen LogP contribution in [0.15, 0.2) is 40.0 Å². The van der Waals surface area contributed by atoms with Crippen molar-refractivity contribution in [3.05, 3.63) is 63.1 Å². The first-order valence-electron chi connectivity index (χ1n) is 9.45. The molecule has 1 fully saturated rings. The number of hydrogen-bond acceptors (Lipinski definition) is 5. The number of aromatic nitrogens is 1. The predicted octanol–water partition coefficient (Wildman–Crippen LogP) is 1.38. The molecular weight excluding hydrogens is 394 g/mol. The number of carbonyl (C=O) groups is 1. The summed E-state index contributed by atoms with van der Waals surface area (Å²) in [5.74, 6) is -0.458. The highest BCUT2D eigenvalue weighted by molar-refractivity contribution is 7.89. The quantitative estimate of drug-likeness (QED) is 0.627. The van der Waals surface area contributed by atoms with Crippen molar-refractivity contribution in [1.29, 1.82) is 0 Å². The van der Waals surface area contributed by atoms with Crippen molar-refractivity contribution in [3.8, 4) is 0 Å². The molecule has 1 aliphatic rings. The minimum atomic E-state index is -3.75. The maximum Gasteiger partial charge on any atom is 0.253 e. The van der Waals surface area contributed by atoms with Gasteiger partial charge in [0.05, 0.1) is 11.0 Å². The molecule has 0 saturated carbocycles. The van der Waals surface area contributed by atoms with Crippen LogP contribution >= 0.6 is 0 Å². The van der Waals surface area contributed by atoms with Gasteiger partial charge in [0.1, 0.15) is 0 Å². The fourth-order valence-corrected chi connectivity index (χ4v) is 4.38. The van der Waals surface area contributed by atoms with Crippen LogP contribution in [0.4, 0.5) is 0 Å². The second-order valence-corrected chi connectivity index (χ2v) is 8.91. The molecule has 9 heteroatoms. The van der Waals surface area contributed by atoms with Crippen molar-refractivity contribution < 1.29 is 17.9 Å². The van der Waals surface area contributed by atoms with E-state index in [2.05, 4.69) is 15.0 Å². The van der Waals surface area contributed by atoms with Gasteiger partial charge < -0.3 is 15.0 Å². The highest BCUT2D eigenvalue weighted by Crippen LogP contribution is 2.15. The zero-order valence-electron chi connectivity index (χ0n) is 16.4. The van der Waals surface area contributed by atoms with E-state index in [0.717, 1.165) is 24.1 Å². The van der Waals surface area contributed by atoms with E-state index >= 15 is 0 Å². The Kier molecular flexibility index (Phi) is 6.51. The van der Waals surface area contributed by atoms with Crippen LogP contribution in [0.2, 0.25) is 0 Å². The Labute approximate surface area is 169 Å². The minimum Gasteiger partial charge on any atom is -0.377 e. The van der Waals surface area contributed by atoms with Crippen molar-refractivity contribution >= 4 is 15.9 Å². The number of nitrogens with one attached hydrogen (secondary N) is 3. The molecule has 1 atom stereocenters. The number of rotatable bonds is 7. The predicted molar refractivity (Wildman–Crippen MR) is 108 cm³/mol. The maximum absolute atomic E-state index is 12.5. The first kappa shape index (κ1) is 21.2. The number of hydrogen-bond donors (Lipinski definition) is 3. The Morgan fingerprint density at radius 1 is 1.28 bits per heavy atom. The lowest BCUT2D eigenvalue weighted by atomic mass is 10.1. The van der Waals surface area contributed by atoms with Gasteiger partial charge in [-0.25, -0.2) is 13.1 Å². The molecule has 1 aliphatic heterocycles. The number of aromatic amines is 1. The number of carbonyl (C=O) groups excluding carboxylic acids is 1. The molecule has 1 aromatic heterocycles. The molecule has 2 aromatic rings. The number of ether oxygens (including phenoxy) is 1. The summed E-state index contributed by atoms with van der Waals surface area (Å²) in [5, 5.41) is 2.68. The van der Waals surface area contributed by atoms with E-state index < -0.39 is 15.9 Å². The Hall–Kier alpha value is -2.49. The molecule has 3 N–H and O–H groups in total. The molecule has 0 spiro atoms. The number of pyridine rings is 1. The summed E-state index contributed by atoms with van der Waals surface area (Å²) >= 11 is 0. The third kappa shape index (κ3) is 5.31. The Morgan fingerprint density at radius 3 is 2.76 bits per heavy atom. The van der Waals surface area contributed by atoms with E-state index in [1.54, 1.807) is 13.8 Å². The average molecular weight is 420 g/mol. The van der Waals surface area contributed by atoms with Crippen LogP contribution in [0.5, 0.6) is 0 Å². The van der Waals surface area contributed by atoms with Gasteiger partial charge >= 0.3 is 0 Å². The number of benzene rings is 1. The van der Waals surface area contributed by atoms with Crippen LogP contribution in [0.3, 0.4) is 0 Å². The van der Waals surface area contributed by atoms with E-state index in [1.807, 2.05) is 6.07 Å². The van der Waals surface area contributed by atoms with Crippen LogP contribution in [-0.2, 0) is 21.3 Å². The third-order valence-electron chi connectivity index (χ3n) is 4.85. The average Bonchev–Trinajstić information content (AvgIpc) is 3.19. The summed E-state index contributed by atoms with van der Waals surface area (Å²) in [6.07, 6.45) is 1.63. The van der Waals surface area contributed by atoms with E-state index in [9.17, 15) is 18.0 Å². The number of aryl methyl sites for hydroxylation is 2. The van der Waals surface area contributed by atoms with E-state index in [-0.39, 0.29) is 35.2 Å². The van der Waals surface area contributed by atoms with Gasteiger partial charge in [-0.05, 0) is 56.5 Å². The van der Waals surface area contributed by atoms with Gasteiger partial charge in [-0.3, -0.25) is 9.59 Å². The smallest absolute Gasteiger partial charge is 0.253 e. The van der Waals surface area contributed by atoms with Gasteiger partial charge in [-0.1, -0.05) is 6.07 Å². The summed E-state index contributed by atoms with van der Waals surface area (Å²) in [6, 6.07) is 7.62. The van der Waals surface area contributed by atoms with Crippen molar-refractivity contribution in [2.75, 3.05) is 13.2 Å². The molecule has 156 valence electrons. The van der Waals surface area contributed by atoms with E-state index in [1.165, 1.54) is 24.3 Å². The summed E-state index contributed by atoms with van der Waals surface area (Å²) in [6.45, 7) is 4.49. The van der Waals surface area contributed by atoms with Crippen LogP contribution in [0, 0.1) is 13.8 Å². The van der Waals surface area contributed by atoms with Crippen molar-refractivity contribution in [3.63, 3.8) is 0 Å². The molecule has 1 amide bonds. The molecule has 0 radical (unpaired) electrons. The number of sulfonamides is 1. The van der Waals surface area contributed by atoms with Crippen LogP contribution in [0.1, 0.15) is 40.0 Å². The zero-order chi connectivity index (χ0) is 21.0. The van der Waals surface area contributed by atoms with E-state index in [4.69, 9.17) is 4.74 Å². The van der Waals surface area contributed by atoms with Gasteiger partial charge in [0.25, 0.3) is 11.5 Å². The van der Waals surface area contributed by atoms with Gasteiger partial charge in [0.2, 0.25) is 10.0 Å². The largest absolute Gasteiger partial charge is 0.377 e. The van der Waals surface area contributed by atoms with Gasteiger partial charge in [-0.2, -0.15) is 0 Å². The Bertz CT molecular complexity index is 1060. The monoisotopic (exact) mass is 419 g/mol. The number of H-pyrrole nitrogens is 1. The fraction of sp³-hybridized carbons (Fsp3) is 0.400. The number of amides is 1. The molecule has 29 heavy (non-hydrogen) atoms. The van der Waals surface area contributed by atoms with Gasteiger partial charge in [0, 0.05) is 36.5 Å². The summed E-state index contributed by atoms with van der Waals surface area (Å²) in [4.78, 5) is 27.3. The standard InChI is InChI=1S/C20H25N3O5S/c1-13-9-14(2)23-20(25)18(13)12-21-19(24)15-5-3-7-17(10-15)29(26,27)22-11-16-6-4-8-28-16/h3,5,7,9-10,16,22H,4,6,8,11-12H2,1-2H3,(H,21,24)(H,23,25). The molecular formula is C20H25N3O5S. The molecule has 0 aliphatic carbocycles. The lowest BCUT2D eigenvalue weighted by Gasteiger charge is -2.12. The second-order valence-electron chi connectivity index (χ2n) is 7.14. The maximum atomic E-state index is 12.5. The molecule has 1 unspecified atom stereocenters. The molecule has 0 bridgehead atoms. The first-order valence-corrected chi connectivity index (χ1v) is 10.9. The van der Waals surface area contributed by atoms with Gasteiger partial charge in [0.15, 0.2) is 0 Å². The summed E-state index contributed by atoms with van der Waals surface area (Å²) < 4.78 is 33.0. The summed E-state index contributed by atoms with van der Waals surface area (Å²) in [7, 11) is -3.75. The lowest BCUT2D eigenvalue weighted by molar-refractivity contribution is 0.0950. The van der Waals surface area contributed by atoms with Crippen LogP contribution < -0.4 is 15.6 Å². The third-order valence-corrected chi connectivity index (χ3v) is 6.27. The van der Waals surface area contributed by atoms with Crippen molar-refractivity contribution in [2.24, 2.45) is 0 Å². The topological polar surface area (TPSA) is 117 Å². The fourth-order valence-electron chi connectivity index (χ4n) is 3.27. The molecule has 3 rings (SSSR count). The van der Waals surface area contributed by atoms with Crippen molar-refractivity contribution in [2.45, 2.75) is 44.2 Å². The van der Waals surface area contributed by atoms with Crippen LogP contribution in [0.25, 0.3) is 0 Å². The molecule has 1 aromatic carbocycles. The lowest BCUT2D eigenvalue weighted by Crippen LogP contribution is -2.32. The Morgan fingerprint density at radius 2 is 2.07 bits per heavy atom. The Balaban J connectivity index is 1.68. The van der Waals surface area contributed by atoms with Gasteiger partial charge in [-0.15, -0.1) is 0 Å². The second kappa shape index (κ2) is 8.89. The molecule has 1 saturated heterocycles. The van der Waals surface area contributed by atoms with Crippen molar-refractivity contribution in [1.82, 2.24) is 15.0 Å². The van der Waals surface area contributed by atoms with E-state index in [0.29, 0.717) is 12.2 Å². The highest BCUT2D eigenvalue weighted by atomic mass is 32.2. The highest BCUT2D eigenvalue weighted by Gasteiger charge is 2.21. The first-order chi connectivity index (χ1) is 13.8. The summed E-state index contributed by atoms with van der Waals surface area (Å²) in [5.41, 5.74) is 1.94. The molecule has 2 heterocycles. The zero-order valence-corrected chi connectivity index (χ0v) is 17.3. The van der Waals surface area contributed by atoms with Crippen LogP contribution in [-0.4, -0.2) is 38.6 Å². The molecule has 8 nitrogen and oxygen atoms in total. The SMILES string of the molecule is Cc1cc(C)c(CNC(=O)c2cccc(S(=O)(=O)NCC3CCCO3)c2)c(=O)[nH]1.